The molecule has 0 saturated carbocycles. The summed E-state index contributed by atoms with van der Waals surface area (Å²) in [5.41, 5.74) is 0. The van der Waals surface area contributed by atoms with E-state index in [0.717, 1.165) is 5.75 Å². The summed E-state index contributed by atoms with van der Waals surface area (Å²) in [6.45, 7) is 5.83. The van der Waals surface area contributed by atoms with Gasteiger partial charge in [0, 0.05) is 7.11 Å². The van der Waals surface area contributed by atoms with Crippen molar-refractivity contribution < 1.29 is 19.4 Å². The number of carbonyl (C=O) groups excluding carboxylic acids is 1. The second-order valence-electron chi connectivity index (χ2n) is 3.97. The fourth-order valence-corrected chi connectivity index (χ4v) is 2.31. The third-order valence-electron chi connectivity index (χ3n) is 2.16. The second-order valence-corrected chi connectivity index (χ2v) is 5.39. The summed E-state index contributed by atoms with van der Waals surface area (Å²) in [7, 11) is 1.41. The molecule has 2 atom stereocenters. The molecular weight excluding hydrogens is 242 g/mol. The molecule has 0 saturated heterocycles. The van der Waals surface area contributed by atoms with Gasteiger partial charge in [-0.2, -0.15) is 0 Å². The Balaban J connectivity index is 4.50. The maximum atomic E-state index is 11.9. The largest absolute Gasteiger partial charge is 0.480 e. The predicted molar refractivity (Wildman–Crippen MR) is 68.2 cm³/mol. The monoisotopic (exact) mass is 263 g/mol. The molecule has 0 spiro atoms. The Morgan fingerprint density at radius 2 is 2.00 bits per heavy atom. The van der Waals surface area contributed by atoms with Gasteiger partial charge in [-0.3, -0.25) is 4.79 Å². The van der Waals surface area contributed by atoms with E-state index in [4.69, 9.17) is 9.84 Å². The Morgan fingerprint density at radius 1 is 1.41 bits per heavy atom. The number of carboxylic acids is 1. The van der Waals surface area contributed by atoms with E-state index in [1.54, 1.807) is 0 Å². The molecule has 0 aromatic rings. The summed E-state index contributed by atoms with van der Waals surface area (Å²) in [5, 5.41) is 11.2. The Morgan fingerprint density at radius 3 is 2.35 bits per heavy atom. The highest BCUT2D eigenvalue weighted by atomic mass is 32.2. The van der Waals surface area contributed by atoms with Crippen LogP contribution >= 0.6 is 11.8 Å². The number of ether oxygens (including phenoxy) is 1. The maximum absolute atomic E-state index is 11.9. The molecule has 2 unspecified atom stereocenters. The number of thioether (sulfide) groups is 1. The minimum atomic E-state index is -1.08. The van der Waals surface area contributed by atoms with Crippen LogP contribution in [0.25, 0.3) is 0 Å². The van der Waals surface area contributed by atoms with E-state index in [1.807, 2.05) is 20.8 Å². The molecular formula is C11H21NO4S. The van der Waals surface area contributed by atoms with Crippen molar-refractivity contribution in [2.24, 2.45) is 5.92 Å². The van der Waals surface area contributed by atoms with Crippen molar-refractivity contribution in [1.29, 1.82) is 0 Å². The number of carbonyl (C=O) groups is 2. The molecule has 2 N–H and O–H groups in total. The van der Waals surface area contributed by atoms with Crippen LogP contribution in [0, 0.1) is 5.92 Å². The van der Waals surface area contributed by atoms with E-state index in [0.29, 0.717) is 0 Å². The number of rotatable bonds is 8. The van der Waals surface area contributed by atoms with Crippen LogP contribution in [0.1, 0.15) is 20.8 Å². The summed E-state index contributed by atoms with van der Waals surface area (Å²) in [4.78, 5) is 22.8. The lowest BCUT2D eigenvalue weighted by atomic mass is 10.1. The van der Waals surface area contributed by atoms with Crippen LogP contribution in [-0.2, 0) is 14.3 Å². The molecule has 0 heterocycles. The van der Waals surface area contributed by atoms with E-state index in [9.17, 15) is 9.59 Å². The second kappa shape index (κ2) is 8.36. The van der Waals surface area contributed by atoms with E-state index in [1.165, 1.54) is 18.9 Å². The first kappa shape index (κ1) is 16.2. The topological polar surface area (TPSA) is 75.6 Å². The number of methoxy groups -OCH3 is 1. The highest BCUT2D eigenvalue weighted by molar-refractivity contribution is 8.00. The third kappa shape index (κ3) is 5.93. The molecule has 0 fully saturated rings. The first-order valence-corrected chi connectivity index (χ1v) is 6.62. The molecule has 0 aliphatic carbocycles. The number of nitrogens with one attached hydrogen (secondary N) is 1. The summed E-state index contributed by atoms with van der Waals surface area (Å²) in [6, 6.07) is -0.980. The predicted octanol–water partition coefficient (Wildman–Crippen LogP) is 0.980. The fraction of sp³-hybridized carbons (Fsp3) is 0.818. The lowest BCUT2D eigenvalue weighted by Gasteiger charge is -2.21. The Labute approximate surface area is 106 Å². The smallest absolute Gasteiger partial charge is 0.328 e. The van der Waals surface area contributed by atoms with Crippen molar-refractivity contribution in [1.82, 2.24) is 5.32 Å². The molecule has 0 aromatic heterocycles. The van der Waals surface area contributed by atoms with Crippen molar-refractivity contribution in [3.63, 3.8) is 0 Å². The van der Waals surface area contributed by atoms with Crippen molar-refractivity contribution in [3.8, 4) is 0 Å². The Kier molecular flexibility index (Phi) is 7.99. The molecule has 17 heavy (non-hydrogen) atoms. The standard InChI is InChI=1S/C11H21NO4S/c1-5-17-9(7(2)3)10(13)12-8(6-16-4)11(14)15/h7-9H,5-6H2,1-4H3,(H,12,13)(H,14,15). The van der Waals surface area contributed by atoms with Gasteiger partial charge in [0.15, 0.2) is 6.04 Å². The quantitative estimate of drug-likeness (QED) is 0.683. The lowest BCUT2D eigenvalue weighted by molar-refractivity contribution is -0.143. The first-order valence-electron chi connectivity index (χ1n) is 5.57. The van der Waals surface area contributed by atoms with Crippen LogP contribution in [-0.4, -0.2) is 47.7 Å². The van der Waals surface area contributed by atoms with Gasteiger partial charge in [0.1, 0.15) is 0 Å². The van der Waals surface area contributed by atoms with Crippen LogP contribution < -0.4 is 5.32 Å². The molecule has 0 bridgehead atoms. The van der Waals surface area contributed by atoms with Gasteiger partial charge >= 0.3 is 5.97 Å². The zero-order valence-corrected chi connectivity index (χ0v) is 11.5. The molecule has 6 heteroatoms. The average Bonchev–Trinajstić information content (AvgIpc) is 2.24. The molecule has 0 aromatic carbocycles. The normalized spacial score (nSPS) is 14.4. The van der Waals surface area contributed by atoms with Gasteiger partial charge < -0.3 is 15.2 Å². The van der Waals surface area contributed by atoms with Crippen LogP contribution in [0.15, 0.2) is 0 Å². The van der Waals surface area contributed by atoms with E-state index in [2.05, 4.69) is 5.32 Å². The Bertz CT molecular complexity index is 258. The molecule has 1 amide bonds. The first-order chi connectivity index (χ1) is 7.93. The average molecular weight is 263 g/mol. The third-order valence-corrected chi connectivity index (χ3v) is 3.61. The summed E-state index contributed by atoms with van der Waals surface area (Å²) < 4.78 is 4.76. The maximum Gasteiger partial charge on any atom is 0.328 e. The number of aliphatic carboxylic acids is 1. The van der Waals surface area contributed by atoms with E-state index in [-0.39, 0.29) is 23.7 Å². The number of amides is 1. The number of hydrogen-bond acceptors (Lipinski definition) is 4. The molecule has 5 nitrogen and oxygen atoms in total. The van der Waals surface area contributed by atoms with Gasteiger partial charge in [-0.1, -0.05) is 20.8 Å². The lowest BCUT2D eigenvalue weighted by Crippen LogP contribution is -2.48. The summed E-state index contributed by atoms with van der Waals surface area (Å²) >= 11 is 1.52. The zero-order valence-electron chi connectivity index (χ0n) is 10.7. The van der Waals surface area contributed by atoms with Crippen LogP contribution in [0.3, 0.4) is 0 Å². The summed E-state index contributed by atoms with van der Waals surface area (Å²) in [6.07, 6.45) is 0. The van der Waals surface area contributed by atoms with Gasteiger partial charge in [0.25, 0.3) is 0 Å². The van der Waals surface area contributed by atoms with Crippen LogP contribution in [0.2, 0.25) is 0 Å². The van der Waals surface area contributed by atoms with Crippen molar-refractivity contribution in [2.45, 2.75) is 32.1 Å². The molecule has 100 valence electrons. The molecule has 0 aliphatic heterocycles. The van der Waals surface area contributed by atoms with E-state index < -0.39 is 12.0 Å². The van der Waals surface area contributed by atoms with E-state index >= 15 is 0 Å². The van der Waals surface area contributed by atoms with Crippen molar-refractivity contribution in [3.05, 3.63) is 0 Å². The molecule has 0 aliphatic rings. The van der Waals surface area contributed by atoms with Gasteiger partial charge in [-0.25, -0.2) is 4.79 Å². The zero-order chi connectivity index (χ0) is 13.4. The van der Waals surface area contributed by atoms with Gasteiger partial charge in [0.2, 0.25) is 5.91 Å². The number of hydrogen-bond donors (Lipinski definition) is 2. The minimum absolute atomic E-state index is 0.0251. The molecule has 0 rings (SSSR count). The van der Waals surface area contributed by atoms with Gasteiger partial charge in [0.05, 0.1) is 11.9 Å². The van der Waals surface area contributed by atoms with Crippen LogP contribution in [0.4, 0.5) is 0 Å². The highest BCUT2D eigenvalue weighted by Gasteiger charge is 2.27. The van der Waals surface area contributed by atoms with Gasteiger partial charge in [-0.15, -0.1) is 11.8 Å². The molecule has 0 radical (unpaired) electrons. The minimum Gasteiger partial charge on any atom is -0.480 e. The number of carboxylic acid groups (broad SMARTS) is 1. The van der Waals surface area contributed by atoms with Crippen molar-refractivity contribution in [2.75, 3.05) is 19.5 Å². The fourth-order valence-electron chi connectivity index (χ4n) is 1.35. The highest BCUT2D eigenvalue weighted by Crippen LogP contribution is 2.19. The van der Waals surface area contributed by atoms with Gasteiger partial charge in [-0.05, 0) is 11.7 Å². The Hall–Kier alpha value is -0.750. The summed E-state index contributed by atoms with van der Waals surface area (Å²) in [5.74, 6) is -0.337. The van der Waals surface area contributed by atoms with Crippen molar-refractivity contribution >= 4 is 23.6 Å². The SMILES string of the molecule is CCSC(C(=O)NC(COC)C(=O)O)C(C)C. The van der Waals surface area contributed by atoms with Crippen LogP contribution in [0.5, 0.6) is 0 Å².